The number of nitrogens with zero attached hydrogens (tertiary/aromatic N) is 1. The van der Waals surface area contributed by atoms with Crippen molar-refractivity contribution in [3.05, 3.63) is 65.2 Å². The second-order valence-corrected chi connectivity index (χ2v) is 7.32. The normalized spacial score (nSPS) is 11.6. The minimum Gasteiger partial charge on any atom is -0.497 e. The van der Waals surface area contributed by atoms with Crippen LogP contribution in [-0.4, -0.2) is 36.4 Å². The van der Waals surface area contributed by atoms with E-state index in [0.29, 0.717) is 25.9 Å². The van der Waals surface area contributed by atoms with Crippen molar-refractivity contribution in [2.45, 2.75) is 52.6 Å². The number of aryl methyl sites for hydroxylation is 2. The van der Waals surface area contributed by atoms with Crippen LogP contribution in [0.2, 0.25) is 0 Å². The topological polar surface area (TPSA) is 58.6 Å². The second kappa shape index (κ2) is 11.2. The van der Waals surface area contributed by atoms with Gasteiger partial charge in [-0.15, -0.1) is 0 Å². The van der Waals surface area contributed by atoms with Gasteiger partial charge in [0.05, 0.1) is 7.11 Å². The molecular formula is C24H32N2O3. The molecule has 0 bridgehead atoms. The van der Waals surface area contributed by atoms with Gasteiger partial charge in [-0.25, -0.2) is 0 Å². The predicted octanol–water partition coefficient (Wildman–Crippen LogP) is 3.88. The van der Waals surface area contributed by atoms with Gasteiger partial charge in [-0.05, 0) is 49.9 Å². The van der Waals surface area contributed by atoms with Gasteiger partial charge in [0.2, 0.25) is 11.8 Å². The summed E-state index contributed by atoms with van der Waals surface area (Å²) in [5, 5.41) is 2.90. The molecule has 2 aromatic carbocycles. The maximum absolute atomic E-state index is 13.1. The number of nitrogens with one attached hydrogen (secondary N) is 1. The van der Waals surface area contributed by atoms with Gasteiger partial charge in [0.15, 0.2) is 0 Å². The van der Waals surface area contributed by atoms with Crippen molar-refractivity contribution < 1.29 is 14.3 Å². The number of benzene rings is 2. The zero-order valence-corrected chi connectivity index (χ0v) is 17.9. The van der Waals surface area contributed by atoms with E-state index < -0.39 is 6.04 Å². The van der Waals surface area contributed by atoms with Crippen molar-refractivity contribution in [1.29, 1.82) is 0 Å². The lowest BCUT2D eigenvalue weighted by atomic mass is 10.1. The molecule has 0 spiro atoms. The number of rotatable bonds is 10. The Balaban J connectivity index is 2.11. The van der Waals surface area contributed by atoms with Gasteiger partial charge in [0.1, 0.15) is 11.8 Å². The lowest BCUT2D eigenvalue weighted by Gasteiger charge is -2.29. The molecule has 1 unspecified atom stereocenters. The first-order valence-corrected chi connectivity index (χ1v) is 10.2. The maximum atomic E-state index is 13.1. The Labute approximate surface area is 174 Å². The van der Waals surface area contributed by atoms with Crippen LogP contribution in [0, 0.1) is 6.92 Å². The summed E-state index contributed by atoms with van der Waals surface area (Å²) in [5.41, 5.74) is 3.28. The Morgan fingerprint density at radius 2 is 1.66 bits per heavy atom. The van der Waals surface area contributed by atoms with E-state index >= 15 is 0 Å². The van der Waals surface area contributed by atoms with E-state index in [0.717, 1.165) is 23.3 Å². The third-order valence-corrected chi connectivity index (χ3v) is 4.98. The zero-order valence-electron chi connectivity index (χ0n) is 17.9. The molecule has 156 valence electrons. The second-order valence-electron chi connectivity index (χ2n) is 7.32. The van der Waals surface area contributed by atoms with Gasteiger partial charge < -0.3 is 15.0 Å². The number of ether oxygens (including phenoxy) is 1. The Kier molecular flexibility index (Phi) is 8.71. The third kappa shape index (κ3) is 6.93. The van der Waals surface area contributed by atoms with E-state index in [1.807, 2.05) is 50.2 Å². The number of hydrogen-bond donors (Lipinski definition) is 1. The summed E-state index contributed by atoms with van der Waals surface area (Å²) in [6.07, 6.45) is 1.88. The molecule has 0 aliphatic rings. The molecule has 0 aliphatic carbocycles. The number of carbonyl (C=O) groups excluding carboxylic acids is 2. The summed E-state index contributed by atoms with van der Waals surface area (Å²) >= 11 is 0. The molecule has 5 nitrogen and oxygen atoms in total. The van der Waals surface area contributed by atoms with Crippen LogP contribution in [0.15, 0.2) is 48.5 Å². The third-order valence-electron chi connectivity index (χ3n) is 4.98. The molecular weight excluding hydrogens is 364 g/mol. The van der Waals surface area contributed by atoms with Crippen LogP contribution < -0.4 is 10.1 Å². The minimum absolute atomic E-state index is 0.0273. The first-order chi connectivity index (χ1) is 13.9. The summed E-state index contributed by atoms with van der Waals surface area (Å²) in [5.74, 6) is 0.615. The lowest BCUT2D eigenvalue weighted by molar-refractivity contribution is -0.140. The number of carbonyl (C=O) groups is 2. The largest absolute Gasteiger partial charge is 0.497 e. The summed E-state index contributed by atoms with van der Waals surface area (Å²) in [7, 11) is 1.62. The molecule has 29 heavy (non-hydrogen) atoms. The van der Waals surface area contributed by atoms with E-state index in [9.17, 15) is 9.59 Å². The highest BCUT2D eigenvalue weighted by molar-refractivity contribution is 5.87. The first kappa shape index (κ1) is 22.5. The fourth-order valence-electron chi connectivity index (χ4n) is 3.06. The molecule has 0 aromatic heterocycles. The van der Waals surface area contributed by atoms with E-state index in [4.69, 9.17) is 4.74 Å². The average molecular weight is 397 g/mol. The van der Waals surface area contributed by atoms with Gasteiger partial charge >= 0.3 is 0 Å². The average Bonchev–Trinajstić information content (AvgIpc) is 2.75. The highest BCUT2D eigenvalue weighted by atomic mass is 16.5. The molecule has 1 N–H and O–H groups in total. The number of hydrogen-bond acceptors (Lipinski definition) is 3. The van der Waals surface area contributed by atoms with Gasteiger partial charge in [0, 0.05) is 19.5 Å². The molecule has 0 radical (unpaired) electrons. The summed E-state index contributed by atoms with van der Waals surface area (Å²) in [6, 6.07) is 15.3. The van der Waals surface area contributed by atoms with E-state index in [1.54, 1.807) is 18.9 Å². The molecule has 0 saturated carbocycles. The van der Waals surface area contributed by atoms with Crippen LogP contribution in [0.5, 0.6) is 5.75 Å². The van der Waals surface area contributed by atoms with Gasteiger partial charge in [-0.3, -0.25) is 9.59 Å². The summed E-state index contributed by atoms with van der Waals surface area (Å²) in [4.78, 5) is 27.2. The quantitative estimate of drug-likeness (QED) is 0.663. The number of amides is 2. The van der Waals surface area contributed by atoms with E-state index in [-0.39, 0.29) is 11.8 Å². The molecule has 0 heterocycles. The Bertz CT molecular complexity index is 785. The van der Waals surface area contributed by atoms with Crippen LogP contribution in [0.25, 0.3) is 0 Å². The smallest absolute Gasteiger partial charge is 0.242 e. The Morgan fingerprint density at radius 3 is 2.24 bits per heavy atom. The molecule has 0 fully saturated rings. The first-order valence-electron chi connectivity index (χ1n) is 10.2. The Morgan fingerprint density at radius 1 is 1.03 bits per heavy atom. The van der Waals surface area contributed by atoms with Crippen LogP contribution in [0.3, 0.4) is 0 Å². The predicted molar refractivity (Wildman–Crippen MR) is 116 cm³/mol. The zero-order chi connectivity index (χ0) is 21.2. The van der Waals surface area contributed by atoms with Crippen molar-refractivity contribution in [2.75, 3.05) is 13.7 Å². The standard InChI is InChI=1S/C24H32N2O3/c1-5-16-25-24(28)19(3)26(17-21-10-13-22(29-4)14-11-21)23(27)15-12-20-8-6-18(2)7-9-20/h6-11,13-14,19H,5,12,15-17H2,1-4H3,(H,25,28). The van der Waals surface area contributed by atoms with Gasteiger partial charge in [-0.2, -0.15) is 0 Å². The highest BCUT2D eigenvalue weighted by Gasteiger charge is 2.25. The Hall–Kier alpha value is -2.82. The van der Waals surface area contributed by atoms with Crippen molar-refractivity contribution in [3.8, 4) is 5.75 Å². The summed E-state index contributed by atoms with van der Waals surface area (Å²) in [6.45, 7) is 6.84. The fourth-order valence-corrected chi connectivity index (χ4v) is 3.06. The van der Waals surface area contributed by atoms with Gasteiger partial charge in [0.25, 0.3) is 0 Å². The lowest BCUT2D eigenvalue weighted by Crippen LogP contribution is -2.47. The maximum Gasteiger partial charge on any atom is 0.242 e. The molecule has 2 aromatic rings. The van der Waals surface area contributed by atoms with E-state index in [2.05, 4.69) is 17.4 Å². The fraction of sp³-hybridized carbons (Fsp3) is 0.417. The van der Waals surface area contributed by atoms with Crippen molar-refractivity contribution >= 4 is 11.8 Å². The molecule has 0 saturated heterocycles. The van der Waals surface area contributed by atoms with Gasteiger partial charge in [-0.1, -0.05) is 48.9 Å². The minimum atomic E-state index is -0.533. The molecule has 2 rings (SSSR count). The monoisotopic (exact) mass is 396 g/mol. The summed E-state index contributed by atoms with van der Waals surface area (Å²) < 4.78 is 5.20. The van der Waals surface area contributed by atoms with Crippen LogP contribution in [0.1, 0.15) is 43.4 Å². The molecule has 0 aliphatic heterocycles. The molecule has 1 atom stereocenters. The van der Waals surface area contributed by atoms with Crippen LogP contribution in [0.4, 0.5) is 0 Å². The highest BCUT2D eigenvalue weighted by Crippen LogP contribution is 2.16. The van der Waals surface area contributed by atoms with Crippen molar-refractivity contribution in [3.63, 3.8) is 0 Å². The van der Waals surface area contributed by atoms with Crippen LogP contribution in [-0.2, 0) is 22.6 Å². The van der Waals surface area contributed by atoms with Crippen LogP contribution >= 0.6 is 0 Å². The van der Waals surface area contributed by atoms with E-state index in [1.165, 1.54) is 5.56 Å². The number of methoxy groups -OCH3 is 1. The van der Waals surface area contributed by atoms with Crippen molar-refractivity contribution in [2.24, 2.45) is 0 Å². The van der Waals surface area contributed by atoms with Crippen molar-refractivity contribution in [1.82, 2.24) is 10.2 Å². The molecule has 5 heteroatoms. The SMILES string of the molecule is CCCNC(=O)C(C)N(Cc1ccc(OC)cc1)C(=O)CCc1ccc(C)cc1. The molecule has 2 amide bonds.